The number of nitrogens with one attached hydrogen (secondary N) is 2. The van der Waals surface area contributed by atoms with Gasteiger partial charge in [0.05, 0.1) is 23.9 Å². The highest BCUT2D eigenvalue weighted by Crippen LogP contribution is 2.34. The van der Waals surface area contributed by atoms with Gasteiger partial charge in [0.15, 0.2) is 5.01 Å². The van der Waals surface area contributed by atoms with E-state index in [1.54, 1.807) is 31.0 Å². The van der Waals surface area contributed by atoms with Gasteiger partial charge >= 0.3 is 0 Å². The first-order valence-electron chi connectivity index (χ1n) is 13.6. The van der Waals surface area contributed by atoms with Gasteiger partial charge < -0.3 is 14.8 Å². The SMILES string of the molecule is CCOc1cncc(-c2cnc(C(=O)NCCN3CCN(C4CC4)CC3)s2)n1.c1cc(NSC2CC2)ccn1. The van der Waals surface area contributed by atoms with Gasteiger partial charge in [-0.05, 0) is 56.7 Å². The molecule has 2 N–H and O–H groups in total. The lowest BCUT2D eigenvalue weighted by atomic mass is 10.3. The van der Waals surface area contributed by atoms with Crippen molar-refractivity contribution in [1.82, 2.24) is 35.1 Å². The number of hydrogen-bond donors (Lipinski definition) is 2. The van der Waals surface area contributed by atoms with E-state index in [4.69, 9.17) is 4.74 Å². The number of carbonyl (C=O) groups is 1. The lowest BCUT2D eigenvalue weighted by molar-refractivity contribution is 0.0934. The maximum Gasteiger partial charge on any atom is 0.280 e. The van der Waals surface area contributed by atoms with Gasteiger partial charge in [0, 0.05) is 74.8 Å². The van der Waals surface area contributed by atoms with Gasteiger partial charge in [-0.2, -0.15) is 0 Å². The summed E-state index contributed by atoms with van der Waals surface area (Å²) in [5.41, 5.74) is 1.81. The second-order valence-corrected chi connectivity index (χ2v) is 11.9. The number of carbonyl (C=O) groups excluding carboxylic acids is 1. The number of anilines is 1. The van der Waals surface area contributed by atoms with Gasteiger partial charge in [0.25, 0.3) is 5.91 Å². The van der Waals surface area contributed by atoms with E-state index in [0.717, 1.165) is 54.6 Å². The van der Waals surface area contributed by atoms with E-state index in [-0.39, 0.29) is 5.91 Å². The fourth-order valence-electron chi connectivity index (χ4n) is 4.13. The first kappa shape index (κ1) is 27.8. The number of pyridine rings is 1. The molecule has 0 spiro atoms. The molecule has 0 atom stereocenters. The Morgan fingerprint density at radius 1 is 1.08 bits per heavy atom. The highest BCUT2D eigenvalue weighted by atomic mass is 32.2. The molecule has 0 unspecified atom stereocenters. The zero-order valence-electron chi connectivity index (χ0n) is 22.3. The highest BCUT2D eigenvalue weighted by Gasteiger charge is 2.31. The molecule has 3 aliphatic rings. The molecule has 6 rings (SSSR count). The Labute approximate surface area is 238 Å². The molecule has 208 valence electrons. The lowest BCUT2D eigenvalue weighted by Crippen LogP contribution is -2.49. The molecule has 1 amide bonds. The van der Waals surface area contributed by atoms with Gasteiger partial charge in [-0.15, -0.1) is 11.3 Å². The third-order valence-electron chi connectivity index (χ3n) is 6.59. The van der Waals surface area contributed by atoms with Crippen LogP contribution in [0.1, 0.15) is 42.4 Å². The predicted molar refractivity (Wildman–Crippen MR) is 156 cm³/mol. The second kappa shape index (κ2) is 14.0. The van der Waals surface area contributed by atoms with Crippen LogP contribution in [0.3, 0.4) is 0 Å². The minimum absolute atomic E-state index is 0.137. The van der Waals surface area contributed by atoms with Gasteiger partial charge in [0.2, 0.25) is 5.88 Å². The van der Waals surface area contributed by atoms with E-state index in [9.17, 15) is 4.79 Å². The number of hydrogen-bond acceptors (Lipinski definition) is 11. The number of rotatable bonds is 11. The summed E-state index contributed by atoms with van der Waals surface area (Å²) in [6.45, 7) is 8.42. The van der Waals surface area contributed by atoms with Crippen LogP contribution in [0.2, 0.25) is 0 Å². The van der Waals surface area contributed by atoms with E-state index < -0.39 is 0 Å². The Kier molecular flexibility index (Phi) is 9.97. The molecule has 1 saturated heterocycles. The largest absolute Gasteiger partial charge is 0.477 e. The normalized spacial score (nSPS) is 17.7. The summed E-state index contributed by atoms with van der Waals surface area (Å²) in [6.07, 6.45) is 14.0. The predicted octanol–water partition coefficient (Wildman–Crippen LogP) is 3.81. The molecule has 10 nitrogen and oxygen atoms in total. The molecular weight excluding hydrogens is 532 g/mol. The summed E-state index contributed by atoms with van der Waals surface area (Å²) in [7, 11) is 0. The van der Waals surface area contributed by atoms with E-state index in [1.807, 2.05) is 31.0 Å². The van der Waals surface area contributed by atoms with Crippen molar-refractivity contribution in [3.63, 3.8) is 0 Å². The first-order valence-corrected chi connectivity index (χ1v) is 15.3. The molecule has 39 heavy (non-hydrogen) atoms. The van der Waals surface area contributed by atoms with Crippen molar-refractivity contribution >= 4 is 34.9 Å². The molecule has 12 heteroatoms. The first-order chi connectivity index (χ1) is 19.2. The van der Waals surface area contributed by atoms with Crippen LogP contribution in [0.15, 0.2) is 43.1 Å². The molecular formula is C27H36N8O2S2. The fraction of sp³-hybridized carbons (Fsp3) is 0.519. The Balaban J connectivity index is 0.000000233. The fourth-order valence-corrected chi connectivity index (χ4v) is 5.73. The number of piperazine rings is 1. The number of ether oxygens (including phenoxy) is 1. The molecule has 1 aliphatic heterocycles. The Hall–Kier alpha value is -2.80. The number of aromatic nitrogens is 4. The summed E-state index contributed by atoms with van der Waals surface area (Å²) in [5, 5.41) is 4.27. The molecule has 0 radical (unpaired) electrons. The standard InChI is InChI=1S/C19H26N6O2S.C8H10N2S/c1-2-27-17-13-20-11-15(23-17)16-12-22-19(28-16)18(26)21-5-6-24-7-9-25(10-8-24)14-3-4-14;1-2-8(1)11-10-7-3-5-9-6-4-7/h11-14H,2-10H2,1H3,(H,21,26);3-6,8H,1-2H2,(H,9,10). The number of nitrogens with zero attached hydrogens (tertiary/aromatic N) is 6. The average Bonchev–Trinajstić information content (AvgIpc) is 3.92. The van der Waals surface area contributed by atoms with Crippen molar-refractivity contribution in [2.45, 2.75) is 43.9 Å². The third kappa shape index (κ3) is 8.85. The van der Waals surface area contributed by atoms with Gasteiger partial charge in [-0.25, -0.2) is 9.97 Å². The molecule has 3 aromatic heterocycles. The van der Waals surface area contributed by atoms with Crippen LogP contribution in [-0.2, 0) is 0 Å². The van der Waals surface area contributed by atoms with E-state index in [1.165, 1.54) is 37.0 Å². The summed E-state index contributed by atoms with van der Waals surface area (Å²) in [6, 6.07) is 4.81. The average molecular weight is 569 g/mol. The van der Waals surface area contributed by atoms with Crippen molar-refractivity contribution in [3.05, 3.63) is 48.1 Å². The van der Waals surface area contributed by atoms with Crippen molar-refractivity contribution in [2.75, 3.05) is 50.6 Å². The molecule has 3 fully saturated rings. The quantitative estimate of drug-likeness (QED) is 0.332. The minimum Gasteiger partial charge on any atom is -0.477 e. The molecule has 4 heterocycles. The lowest BCUT2D eigenvalue weighted by Gasteiger charge is -2.34. The van der Waals surface area contributed by atoms with Crippen molar-refractivity contribution < 1.29 is 9.53 Å². The summed E-state index contributed by atoms with van der Waals surface area (Å²) >= 11 is 3.13. The molecule has 2 aliphatic carbocycles. The van der Waals surface area contributed by atoms with Crippen LogP contribution < -0.4 is 14.8 Å². The Bertz CT molecular complexity index is 1180. The highest BCUT2D eigenvalue weighted by molar-refractivity contribution is 8.01. The third-order valence-corrected chi connectivity index (χ3v) is 8.77. The van der Waals surface area contributed by atoms with Crippen LogP contribution >= 0.6 is 23.3 Å². The summed E-state index contributed by atoms with van der Waals surface area (Å²) in [5.74, 6) is 0.336. The smallest absolute Gasteiger partial charge is 0.280 e. The topological polar surface area (TPSA) is 108 Å². The second-order valence-electron chi connectivity index (χ2n) is 9.73. The maximum absolute atomic E-state index is 12.4. The van der Waals surface area contributed by atoms with E-state index in [0.29, 0.717) is 29.7 Å². The minimum atomic E-state index is -0.137. The van der Waals surface area contributed by atoms with Crippen LogP contribution in [0, 0.1) is 0 Å². The van der Waals surface area contributed by atoms with E-state index >= 15 is 0 Å². The number of amides is 1. The summed E-state index contributed by atoms with van der Waals surface area (Å²) in [4.78, 5) is 34.9. The Morgan fingerprint density at radius 2 is 1.87 bits per heavy atom. The van der Waals surface area contributed by atoms with Crippen molar-refractivity contribution in [3.8, 4) is 16.5 Å². The zero-order valence-corrected chi connectivity index (χ0v) is 23.9. The van der Waals surface area contributed by atoms with Crippen molar-refractivity contribution in [1.29, 1.82) is 0 Å². The van der Waals surface area contributed by atoms with Crippen LogP contribution in [0.4, 0.5) is 5.69 Å². The summed E-state index contributed by atoms with van der Waals surface area (Å²) < 4.78 is 8.66. The van der Waals surface area contributed by atoms with Gasteiger partial charge in [0.1, 0.15) is 5.69 Å². The van der Waals surface area contributed by atoms with Gasteiger partial charge in [-0.1, -0.05) is 0 Å². The molecule has 2 saturated carbocycles. The molecule has 0 bridgehead atoms. The number of thiazole rings is 1. The molecule has 0 aromatic carbocycles. The Morgan fingerprint density at radius 3 is 2.59 bits per heavy atom. The maximum atomic E-state index is 12.4. The van der Waals surface area contributed by atoms with Crippen molar-refractivity contribution in [2.24, 2.45) is 0 Å². The zero-order chi connectivity index (χ0) is 26.9. The van der Waals surface area contributed by atoms with Crippen LogP contribution in [0.25, 0.3) is 10.6 Å². The van der Waals surface area contributed by atoms with Crippen LogP contribution in [0.5, 0.6) is 5.88 Å². The van der Waals surface area contributed by atoms with Crippen LogP contribution in [-0.4, -0.2) is 92.8 Å². The van der Waals surface area contributed by atoms with Gasteiger partial charge in [-0.3, -0.25) is 24.6 Å². The molecule has 3 aromatic rings. The van der Waals surface area contributed by atoms with E-state index in [2.05, 4.69) is 39.8 Å². The monoisotopic (exact) mass is 568 g/mol.